The molecule has 0 saturated carbocycles. The summed E-state index contributed by atoms with van der Waals surface area (Å²) in [4.78, 5) is 19.5. The second kappa shape index (κ2) is 7.43. The van der Waals surface area contributed by atoms with E-state index in [-0.39, 0.29) is 0 Å². The van der Waals surface area contributed by atoms with Crippen LogP contribution in [0.4, 0.5) is 5.13 Å². The topological polar surface area (TPSA) is 52.6 Å². The number of hydrogen-bond donors (Lipinski definition) is 0. The van der Waals surface area contributed by atoms with E-state index in [9.17, 15) is 4.79 Å². The number of amides is 1. The van der Waals surface area contributed by atoms with Gasteiger partial charge >= 0.3 is 0 Å². The highest BCUT2D eigenvalue weighted by Gasteiger charge is 2.44. The Balaban J connectivity index is 1.38. The highest BCUT2D eigenvalue weighted by atomic mass is 32.1. The summed E-state index contributed by atoms with van der Waals surface area (Å²) in [6, 6.07) is 0.433. The van der Waals surface area contributed by atoms with Crippen molar-refractivity contribution in [3.63, 3.8) is 0 Å². The Bertz CT molecular complexity index is 640. The fourth-order valence-electron chi connectivity index (χ4n) is 4.81. The second-order valence-electron chi connectivity index (χ2n) is 8.44. The van der Waals surface area contributed by atoms with Crippen LogP contribution in [0, 0.1) is 5.41 Å². The summed E-state index contributed by atoms with van der Waals surface area (Å²) in [5.74, 6) is 0.381. The predicted molar refractivity (Wildman–Crippen MR) is 105 cm³/mol. The number of anilines is 1. The first-order chi connectivity index (χ1) is 12.6. The molecule has 1 atom stereocenters. The molecule has 144 valence electrons. The highest BCUT2D eigenvalue weighted by molar-refractivity contribution is 7.15. The van der Waals surface area contributed by atoms with Gasteiger partial charge in [0.05, 0.1) is 0 Å². The summed E-state index contributed by atoms with van der Waals surface area (Å²) < 4.78 is 0. The van der Waals surface area contributed by atoms with E-state index in [4.69, 9.17) is 0 Å². The second-order valence-corrected chi connectivity index (χ2v) is 9.48. The smallest absolute Gasteiger partial charge is 0.222 e. The van der Waals surface area contributed by atoms with Crippen LogP contribution in [0.2, 0.25) is 0 Å². The quantitative estimate of drug-likeness (QED) is 0.806. The molecule has 4 rings (SSSR count). The first-order valence-corrected chi connectivity index (χ1v) is 11.0. The number of likely N-dealkylation sites (N-methyl/N-ethyl adjacent to an activating group) is 1. The molecule has 7 heteroatoms. The SMILES string of the molecule is CCCc1nnc(N2CCC3(CCC(=O)N([C@@H]4CCN(C)C4)C3)CC2)s1. The molecule has 3 saturated heterocycles. The Labute approximate surface area is 160 Å². The standard InChI is InChI=1S/C19H31N5OS/c1-3-4-16-20-21-18(26-16)23-11-8-19(9-12-23)7-5-17(25)24(14-19)15-6-10-22(2)13-15/h15H,3-14H2,1-2H3/t15-/m1/s1. The maximum Gasteiger partial charge on any atom is 0.222 e. The van der Waals surface area contributed by atoms with Gasteiger partial charge in [-0.25, -0.2) is 0 Å². The van der Waals surface area contributed by atoms with Crippen molar-refractivity contribution in [1.82, 2.24) is 20.0 Å². The molecule has 6 nitrogen and oxygen atoms in total. The van der Waals surface area contributed by atoms with E-state index < -0.39 is 0 Å². The third-order valence-electron chi connectivity index (χ3n) is 6.52. The molecular formula is C19H31N5OS. The van der Waals surface area contributed by atoms with E-state index in [0.29, 0.717) is 17.4 Å². The molecular weight excluding hydrogens is 346 g/mol. The number of aromatic nitrogens is 2. The van der Waals surface area contributed by atoms with Crippen LogP contribution in [-0.2, 0) is 11.2 Å². The highest BCUT2D eigenvalue weighted by Crippen LogP contribution is 2.42. The lowest BCUT2D eigenvalue weighted by Gasteiger charge is -2.48. The molecule has 0 radical (unpaired) electrons. The van der Waals surface area contributed by atoms with Crippen LogP contribution in [-0.4, -0.2) is 71.7 Å². The number of aryl methyl sites for hydroxylation is 1. The Morgan fingerprint density at radius 2 is 2.00 bits per heavy atom. The molecule has 0 N–H and O–H groups in total. The monoisotopic (exact) mass is 377 g/mol. The van der Waals surface area contributed by atoms with Crippen LogP contribution < -0.4 is 4.90 Å². The zero-order valence-electron chi connectivity index (χ0n) is 16.1. The first kappa shape index (κ1) is 18.2. The van der Waals surface area contributed by atoms with Crippen LogP contribution >= 0.6 is 11.3 Å². The summed E-state index contributed by atoms with van der Waals surface area (Å²) in [7, 11) is 2.16. The lowest BCUT2D eigenvalue weighted by Crippen LogP contribution is -2.55. The first-order valence-electron chi connectivity index (χ1n) is 10.1. The minimum atomic E-state index is 0.322. The van der Waals surface area contributed by atoms with Crippen LogP contribution in [0.1, 0.15) is 50.5 Å². The van der Waals surface area contributed by atoms with Gasteiger partial charge in [-0.1, -0.05) is 18.3 Å². The van der Waals surface area contributed by atoms with Crippen molar-refractivity contribution in [2.45, 2.75) is 57.9 Å². The van der Waals surface area contributed by atoms with Gasteiger partial charge < -0.3 is 14.7 Å². The largest absolute Gasteiger partial charge is 0.347 e. The number of carbonyl (C=O) groups excluding carboxylic acids is 1. The summed E-state index contributed by atoms with van der Waals surface area (Å²) >= 11 is 1.75. The van der Waals surface area contributed by atoms with Crippen molar-refractivity contribution in [1.29, 1.82) is 0 Å². The van der Waals surface area contributed by atoms with E-state index in [1.807, 2.05) is 0 Å². The molecule has 4 heterocycles. The summed E-state index contributed by atoms with van der Waals surface area (Å²) in [6.07, 6.45) is 7.43. The fourth-order valence-corrected chi connectivity index (χ4v) is 5.80. The average Bonchev–Trinajstić information content (AvgIpc) is 3.28. The molecule has 0 aliphatic carbocycles. The molecule has 3 aliphatic rings. The van der Waals surface area contributed by atoms with Crippen molar-refractivity contribution in [3.05, 3.63) is 5.01 Å². The van der Waals surface area contributed by atoms with Gasteiger partial charge in [0.2, 0.25) is 11.0 Å². The minimum Gasteiger partial charge on any atom is -0.347 e. The van der Waals surface area contributed by atoms with Crippen molar-refractivity contribution >= 4 is 22.4 Å². The lowest BCUT2D eigenvalue weighted by molar-refractivity contribution is -0.141. The molecule has 1 aromatic rings. The summed E-state index contributed by atoms with van der Waals surface area (Å²) in [5.41, 5.74) is 0.322. The van der Waals surface area contributed by atoms with Crippen LogP contribution in [0.5, 0.6) is 0 Å². The molecule has 0 bridgehead atoms. The molecule has 0 aromatic carbocycles. The number of piperidine rings is 2. The van der Waals surface area contributed by atoms with Gasteiger partial charge in [0.1, 0.15) is 5.01 Å². The van der Waals surface area contributed by atoms with Crippen LogP contribution in [0.3, 0.4) is 0 Å². The summed E-state index contributed by atoms with van der Waals surface area (Å²) in [5, 5.41) is 11.0. The van der Waals surface area contributed by atoms with E-state index >= 15 is 0 Å². The Hall–Kier alpha value is -1.21. The zero-order valence-corrected chi connectivity index (χ0v) is 16.9. The fraction of sp³-hybridized carbons (Fsp3) is 0.842. The molecule has 3 aliphatic heterocycles. The Morgan fingerprint density at radius 3 is 2.69 bits per heavy atom. The third-order valence-corrected chi connectivity index (χ3v) is 7.56. The van der Waals surface area contributed by atoms with Gasteiger partial charge in [-0.15, -0.1) is 10.2 Å². The van der Waals surface area contributed by atoms with E-state index in [0.717, 1.165) is 75.0 Å². The van der Waals surface area contributed by atoms with Gasteiger partial charge in [-0.3, -0.25) is 4.79 Å². The van der Waals surface area contributed by atoms with Gasteiger partial charge in [0.15, 0.2) is 0 Å². The molecule has 26 heavy (non-hydrogen) atoms. The van der Waals surface area contributed by atoms with Crippen molar-refractivity contribution in [3.8, 4) is 0 Å². The normalized spacial score (nSPS) is 26.8. The van der Waals surface area contributed by atoms with Crippen molar-refractivity contribution in [2.75, 3.05) is 44.7 Å². The number of likely N-dealkylation sites (tertiary alicyclic amines) is 2. The van der Waals surface area contributed by atoms with Crippen LogP contribution in [0.25, 0.3) is 0 Å². The number of nitrogens with zero attached hydrogens (tertiary/aromatic N) is 5. The van der Waals surface area contributed by atoms with Crippen molar-refractivity contribution in [2.24, 2.45) is 5.41 Å². The van der Waals surface area contributed by atoms with Gasteiger partial charge in [0, 0.05) is 45.1 Å². The van der Waals surface area contributed by atoms with E-state index in [2.05, 4.69) is 38.9 Å². The third kappa shape index (κ3) is 3.60. The number of rotatable bonds is 4. The van der Waals surface area contributed by atoms with E-state index in [1.54, 1.807) is 11.3 Å². The maximum absolute atomic E-state index is 12.5. The number of carbonyl (C=O) groups is 1. The Morgan fingerprint density at radius 1 is 1.19 bits per heavy atom. The molecule has 3 fully saturated rings. The van der Waals surface area contributed by atoms with Gasteiger partial charge in [-0.05, 0) is 51.1 Å². The predicted octanol–water partition coefficient (Wildman–Crippen LogP) is 2.40. The average molecular weight is 378 g/mol. The summed E-state index contributed by atoms with van der Waals surface area (Å²) in [6.45, 7) is 7.41. The molecule has 1 aromatic heterocycles. The van der Waals surface area contributed by atoms with Gasteiger partial charge in [0.25, 0.3) is 0 Å². The molecule has 0 unspecified atom stereocenters. The lowest BCUT2D eigenvalue weighted by atomic mass is 9.72. The van der Waals surface area contributed by atoms with Crippen LogP contribution in [0.15, 0.2) is 0 Å². The molecule has 1 spiro atoms. The zero-order chi connectivity index (χ0) is 18.1. The van der Waals surface area contributed by atoms with E-state index in [1.165, 1.54) is 12.8 Å². The van der Waals surface area contributed by atoms with Gasteiger partial charge in [-0.2, -0.15) is 0 Å². The maximum atomic E-state index is 12.5. The minimum absolute atomic E-state index is 0.322. The molecule has 1 amide bonds. The van der Waals surface area contributed by atoms with Crippen molar-refractivity contribution < 1.29 is 4.79 Å². The Kier molecular flexibility index (Phi) is 5.19. The number of hydrogen-bond acceptors (Lipinski definition) is 6.